The van der Waals surface area contributed by atoms with Crippen LogP contribution in [0.2, 0.25) is 0 Å². The number of rotatable bonds is 4. The Labute approximate surface area is 120 Å². The molecule has 110 valence electrons. The number of nitrogens with zero attached hydrogens (tertiary/aromatic N) is 2. The van der Waals surface area contributed by atoms with Crippen LogP contribution in [-0.2, 0) is 6.54 Å². The van der Waals surface area contributed by atoms with E-state index in [4.69, 9.17) is 5.84 Å². The van der Waals surface area contributed by atoms with E-state index in [1.54, 1.807) is 0 Å². The highest BCUT2D eigenvalue weighted by Gasteiger charge is 2.18. The van der Waals surface area contributed by atoms with Gasteiger partial charge in [-0.3, -0.25) is 20.0 Å². The van der Waals surface area contributed by atoms with Gasteiger partial charge in [0.05, 0.1) is 0 Å². The molecule has 1 aromatic rings. The second-order valence-electron chi connectivity index (χ2n) is 5.58. The number of nitrogen functional groups attached to an aromatic ring is 1. The first-order chi connectivity index (χ1) is 9.60. The fourth-order valence-corrected chi connectivity index (χ4v) is 2.54. The van der Waals surface area contributed by atoms with Gasteiger partial charge in [-0.1, -0.05) is 12.1 Å². The number of nitrogens with two attached hydrogens (primary N) is 1. The molecule has 0 saturated carbocycles. The monoisotopic (exact) mass is 276 g/mol. The van der Waals surface area contributed by atoms with Crippen molar-refractivity contribution in [2.45, 2.75) is 26.4 Å². The zero-order chi connectivity index (χ0) is 14.5. The van der Waals surface area contributed by atoms with E-state index >= 15 is 0 Å². The Balaban J connectivity index is 1.87. The van der Waals surface area contributed by atoms with Gasteiger partial charge in [-0.25, -0.2) is 5.84 Å². The van der Waals surface area contributed by atoms with E-state index in [9.17, 15) is 4.79 Å². The molecule has 1 saturated heterocycles. The van der Waals surface area contributed by atoms with Crippen LogP contribution in [-0.4, -0.2) is 47.9 Å². The van der Waals surface area contributed by atoms with Gasteiger partial charge in [0, 0.05) is 44.3 Å². The molecule has 3 N–H and O–H groups in total. The molecule has 1 fully saturated rings. The molecule has 0 unspecified atom stereocenters. The van der Waals surface area contributed by atoms with Crippen molar-refractivity contribution in [1.29, 1.82) is 0 Å². The smallest absolute Gasteiger partial charge is 0.265 e. The van der Waals surface area contributed by atoms with Crippen LogP contribution in [0.1, 0.15) is 29.8 Å². The summed E-state index contributed by atoms with van der Waals surface area (Å²) in [5, 5.41) is 0. The largest absolute Gasteiger partial charge is 0.298 e. The highest BCUT2D eigenvalue weighted by Crippen LogP contribution is 2.11. The Bertz CT molecular complexity index is 436. The van der Waals surface area contributed by atoms with Gasteiger partial charge >= 0.3 is 0 Å². The van der Waals surface area contributed by atoms with Crippen LogP contribution in [0.4, 0.5) is 0 Å². The fourth-order valence-electron chi connectivity index (χ4n) is 2.54. The van der Waals surface area contributed by atoms with Crippen molar-refractivity contribution in [3.8, 4) is 0 Å². The van der Waals surface area contributed by atoms with Crippen LogP contribution < -0.4 is 11.3 Å². The number of hydrazine groups is 1. The molecule has 5 heteroatoms. The van der Waals surface area contributed by atoms with Crippen molar-refractivity contribution in [3.05, 3.63) is 35.4 Å². The number of benzene rings is 1. The van der Waals surface area contributed by atoms with Crippen molar-refractivity contribution in [2.75, 3.05) is 26.2 Å². The van der Waals surface area contributed by atoms with Gasteiger partial charge in [-0.15, -0.1) is 0 Å². The summed E-state index contributed by atoms with van der Waals surface area (Å²) in [4.78, 5) is 16.3. The predicted molar refractivity (Wildman–Crippen MR) is 80.1 cm³/mol. The minimum Gasteiger partial charge on any atom is -0.298 e. The zero-order valence-electron chi connectivity index (χ0n) is 12.3. The Morgan fingerprint density at radius 2 is 1.80 bits per heavy atom. The van der Waals surface area contributed by atoms with Gasteiger partial charge in [0.25, 0.3) is 5.91 Å². The molecular formula is C15H24N4O. The van der Waals surface area contributed by atoms with Crippen molar-refractivity contribution >= 4 is 5.91 Å². The van der Waals surface area contributed by atoms with Gasteiger partial charge in [0.2, 0.25) is 0 Å². The van der Waals surface area contributed by atoms with Gasteiger partial charge < -0.3 is 0 Å². The van der Waals surface area contributed by atoms with Crippen molar-refractivity contribution < 1.29 is 4.79 Å². The third-order valence-corrected chi connectivity index (χ3v) is 3.89. The van der Waals surface area contributed by atoms with E-state index in [2.05, 4.69) is 29.1 Å². The Kier molecular flexibility index (Phi) is 5.11. The summed E-state index contributed by atoms with van der Waals surface area (Å²) in [5.74, 6) is 4.87. The van der Waals surface area contributed by atoms with Gasteiger partial charge in [0.15, 0.2) is 0 Å². The first-order valence-corrected chi connectivity index (χ1v) is 7.16. The summed E-state index contributed by atoms with van der Waals surface area (Å²) in [6.07, 6.45) is 0. The van der Waals surface area contributed by atoms with E-state index in [0.717, 1.165) is 32.7 Å². The van der Waals surface area contributed by atoms with Crippen LogP contribution in [0.25, 0.3) is 0 Å². The van der Waals surface area contributed by atoms with E-state index in [-0.39, 0.29) is 5.91 Å². The van der Waals surface area contributed by atoms with Crippen LogP contribution in [0.3, 0.4) is 0 Å². The number of carbonyl (C=O) groups excluding carboxylic acids is 1. The number of amides is 1. The van der Waals surface area contributed by atoms with Gasteiger partial charge in [0.1, 0.15) is 0 Å². The summed E-state index contributed by atoms with van der Waals surface area (Å²) in [6.45, 7) is 9.90. The van der Waals surface area contributed by atoms with Gasteiger partial charge in [-0.2, -0.15) is 0 Å². The maximum atomic E-state index is 11.4. The number of hydrogen-bond acceptors (Lipinski definition) is 4. The summed E-state index contributed by atoms with van der Waals surface area (Å²) >= 11 is 0. The second kappa shape index (κ2) is 6.83. The minimum absolute atomic E-state index is 0.248. The summed E-state index contributed by atoms with van der Waals surface area (Å²) in [5.41, 5.74) is 3.97. The SMILES string of the molecule is CC(C)N1CCN(Cc2ccc(C(=O)NN)cc2)CC1. The Hall–Kier alpha value is -1.43. The molecule has 1 heterocycles. The summed E-state index contributed by atoms with van der Waals surface area (Å²) in [7, 11) is 0. The molecule has 1 aliphatic rings. The molecule has 0 aromatic heterocycles. The molecule has 5 nitrogen and oxygen atoms in total. The van der Waals surface area contributed by atoms with Crippen LogP contribution in [0.15, 0.2) is 24.3 Å². The number of hydrogen-bond donors (Lipinski definition) is 2. The van der Waals surface area contributed by atoms with Crippen LogP contribution >= 0.6 is 0 Å². The number of piperazine rings is 1. The van der Waals surface area contributed by atoms with Crippen molar-refractivity contribution in [1.82, 2.24) is 15.2 Å². The molecule has 0 radical (unpaired) electrons. The molecule has 1 amide bonds. The van der Waals surface area contributed by atoms with Crippen molar-refractivity contribution in [2.24, 2.45) is 5.84 Å². The highest BCUT2D eigenvalue weighted by atomic mass is 16.2. The van der Waals surface area contributed by atoms with Crippen LogP contribution in [0, 0.1) is 0 Å². The van der Waals surface area contributed by atoms with E-state index in [1.807, 2.05) is 24.3 Å². The lowest BCUT2D eigenvalue weighted by atomic mass is 10.1. The lowest BCUT2D eigenvalue weighted by molar-refractivity contribution is 0.0953. The van der Waals surface area contributed by atoms with E-state index in [0.29, 0.717) is 11.6 Å². The third-order valence-electron chi connectivity index (χ3n) is 3.89. The van der Waals surface area contributed by atoms with E-state index < -0.39 is 0 Å². The predicted octanol–water partition coefficient (Wildman–Crippen LogP) is 0.816. The fraction of sp³-hybridized carbons (Fsp3) is 0.533. The highest BCUT2D eigenvalue weighted by molar-refractivity contribution is 5.93. The molecule has 0 bridgehead atoms. The normalized spacial score (nSPS) is 17.4. The first-order valence-electron chi connectivity index (χ1n) is 7.16. The van der Waals surface area contributed by atoms with Crippen molar-refractivity contribution in [3.63, 3.8) is 0 Å². The average molecular weight is 276 g/mol. The van der Waals surface area contributed by atoms with Crippen LogP contribution in [0.5, 0.6) is 0 Å². The minimum atomic E-state index is -0.248. The number of carbonyl (C=O) groups is 1. The lowest BCUT2D eigenvalue weighted by Crippen LogP contribution is -2.48. The molecule has 0 atom stereocenters. The van der Waals surface area contributed by atoms with Gasteiger partial charge in [-0.05, 0) is 31.5 Å². The summed E-state index contributed by atoms with van der Waals surface area (Å²) < 4.78 is 0. The van der Waals surface area contributed by atoms with E-state index in [1.165, 1.54) is 5.56 Å². The maximum absolute atomic E-state index is 11.4. The Morgan fingerprint density at radius 1 is 1.20 bits per heavy atom. The quantitative estimate of drug-likeness (QED) is 0.485. The lowest BCUT2D eigenvalue weighted by Gasteiger charge is -2.36. The molecule has 0 aliphatic carbocycles. The molecule has 2 rings (SSSR count). The molecule has 1 aromatic carbocycles. The second-order valence-corrected chi connectivity index (χ2v) is 5.58. The first kappa shape index (κ1) is 15.0. The Morgan fingerprint density at radius 3 is 2.30 bits per heavy atom. The zero-order valence-corrected chi connectivity index (χ0v) is 12.3. The third kappa shape index (κ3) is 3.79. The molecule has 20 heavy (non-hydrogen) atoms. The standard InChI is InChI=1S/C15H24N4O/c1-12(2)19-9-7-18(8-10-19)11-13-3-5-14(6-4-13)15(20)17-16/h3-6,12H,7-11,16H2,1-2H3,(H,17,20). The number of nitrogens with one attached hydrogen (secondary N) is 1. The average Bonchev–Trinajstić information content (AvgIpc) is 2.48. The molecule has 1 aliphatic heterocycles. The topological polar surface area (TPSA) is 61.6 Å². The molecular weight excluding hydrogens is 252 g/mol. The maximum Gasteiger partial charge on any atom is 0.265 e. The molecule has 0 spiro atoms. The summed E-state index contributed by atoms with van der Waals surface area (Å²) in [6, 6.07) is 8.27.